The molecule has 0 radical (unpaired) electrons. The summed E-state index contributed by atoms with van der Waals surface area (Å²) >= 11 is 0. The lowest BCUT2D eigenvalue weighted by molar-refractivity contribution is 0.0976. The van der Waals surface area contributed by atoms with E-state index < -0.39 is 0 Å². The van der Waals surface area contributed by atoms with E-state index in [0.717, 1.165) is 63.0 Å². The summed E-state index contributed by atoms with van der Waals surface area (Å²) in [5, 5.41) is 4.42. The second kappa shape index (κ2) is 9.10. The molecule has 198 valence electrons. The first-order chi connectivity index (χ1) is 18.4. The Balaban J connectivity index is 1.37. The summed E-state index contributed by atoms with van der Waals surface area (Å²) in [5.74, 6) is 0.766. The van der Waals surface area contributed by atoms with Crippen LogP contribution in [0.15, 0.2) is 41.2 Å². The number of pyridine rings is 1. The van der Waals surface area contributed by atoms with Crippen molar-refractivity contribution in [3.8, 4) is 11.4 Å². The Morgan fingerprint density at radius 2 is 1.84 bits per heavy atom. The van der Waals surface area contributed by atoms with Crippen molar-refractivity contribution in [3.63, 3.8) is 0 Å². The fourth-order valence-electron chi connectivity index (χ4n) is 6.69. The van der Waals surface area contributed by atoms with Crippen molar-refractivity contribution in [1.82, 2.24) is 24.8 Å². The molecule has 0 spiro atoms. The summed E-state index contributed by atoms with van der Waals surface area (Å²) < 4.78 is 15.8. The molecule has 0 amide bonds. The molecule has 0 unspecified atom stereocenters. The Morgan fingerprint density at radius 3 is 2.55 bits per heavy atom. The second-order valence-electron chi connectivity index (χ2n) is 11.4. The molecule has 8 rings (SSSR count). The van der Waals surface area contributed by atoms with Gasteiger partial charge in [-0.2, -0.15) is 0 Å². The van der Waals surface area contributed by atoms with Crippen molar-refractivity contribution >= 4 is 33.3 Å². The maximum Gasteiger partial charge on any atom is 0.261 e. The number of fused-ring (bicyclic) bond motifs is 5. The van der Waals surface area contributed by atoms with Gasteiger partial charge in [0.1, 0.15) is 17.2 Å². The quantitative estimate of drug-likeness (QED) is 0.375. The minimum absolute atomic E-state index is 0.202. The smallest absolute Gasteiger partial charge is 0.261 e. The lowest BCUT2D eigenvalue weighted by Crippen LogP contribution is -2.53. The SMILES string of the molecule is CN(C)[C@H]1CCN(c2cc3[nH]c(=O)c(-c4nc5ccccc5[nH]4)c(N[C@@H]4CN5CCC4CC5)c3cc2F)C1. The number of anilines is 2. The number of H-pyrrole nitrogens is 2. The number of aromatic nitrogens is 3. The molecule has 3 N–H and O–H groups in total. The molecule has 2 aromatic carbocycles. The molecule has 4 aromatic rings. The molecule has 0 saturated carbocycles. The highest BCUT2D eigenvalue weighted by Crippen LogP contribution is 2.38. The lowest BCUT2D eigenvalue weighted by Gasteiger charge is -2.45. The number of aromatic amines is 2. The fraction of sp³-hybridized carbons (Fsp3) is 0.448. The third-order valence-corrected chi connectivity index (χ3v) is 8.93. The van der Waals surface area contributed by atoms with Gasteiger partial charge in [-0.25, -0.2) is 9.37 Å². The van der Waals surface area contributed by atoms with Gasteiger partial charge in [0.25, 0.3) is 5.56 Å². The number of hydrogen-bond donors (Lipinski definition) is 3. The molecular weight excluding hydrogens is 481 g/mol. The zero-order valence-corrected chi connectivity index (χ0v) is 21.9. The van der Waals surface area contributed by atoms with Crippen LogP contribution < -0.4 is 15.8 Å². The van der Waals surface area contributed by atoms with E-state index in [9.17, 15) is 4.79 Å². The Kier molecular flexibility index (Phi) is 5.67. The zero-order valence-electron chi connectivity index (χ0n) is 21.9. The van der Waals surface area contributed by atoms with Crippen LogP contribution in [0, 0.1) is 11.7 Å². The predicted octanol–water partition coefficient (Wildman–Crippen LogP) is 3.86. The molecule has 38 heavy (non-hydrogen) atoms. The number of nitrogens with zero attached hydrogens (tertiary/aromatic N) is 4. The largest absolute Gasteiger partial charge is 0.379 e. The zero-order chi connectivity index (χ0) is 26.0. The molecule has 6 heterocycles. The average Bonchev–Trinajstić information content (AvgIpc) is 3.57. The van der Waals surface area contributed by atoms with E-state index in [4.69, 9.17) is 4.98 Å². The van der Waals surface area contributed by atoms with Crippen LogP contribution >= 0.6 is 0 Å². The van der Waals surface area contributed by atoms with Crippen LogP contribution in [-0.4, -0.2) is 83.7 Å². The average molecular weight is 516 g/mol. The summed E-state index contributed by atoms with van der Waals surface area (Å²) in [4.78, 5) is 31.6. The van der Waals surface area contributed by atoms with Crippen molar-refractivity contribution in [2.75, 3.05) is 57.0 Å². The van der Waals surface area contributed by atoms with Gasteiger partial charge < -0.3 is 30.0 Å². The molecule has 2 aromatic heterocycles. The van der Waals surface area contributed by atoms with Gasteiger partial charge in [-0.05, 0) is 76.6 Å². The van der Waals surface area contributed by atoms with E-state index in [1.165, 1.54) is 0 Å². The van der Waals surface area contributed by atoms with E-state index in [2.05, 4.69) is 44.1 Å². The summed E-state index contributed by atoms with van der Waals surface area (Å²) in [7, 11) is 4.13. The van der Waals surface area contributed by atoms with Crippen molar-refractivity contribution in [2.45, 2.75) is 31.3 Å². The fourth-order valence-corrected chi connectivity index (χ4v) is 6.69. The lowest BCUT2D eigenvalue weighted by atomic mass is 9.83. The Labute approximate surface area is 220 Å². The normalized spacial score (nSPS) is 25.2. The van der Waals surface area contributed by atoms with Crippen molar-refractivity contribution in [3.05, 3.63) is 52.6 Å². The summed E-state index contributed by atoms with van der Waals surface area (Å²) in [6, 6.07) is 11.7. The number of likely N-dealkylation sites (N-methyl/N-ethyl adjacent to an activating group) is 1. The summed E-state index contributed by atoms with van der Waals surface area (Å²) in [6.07, 6.45) is 3.26. The number of rotatable bonds is 5. The first-order valence-corrected chi connectivity index (χ1v) is 13.7. The maximum absolute atomic E-state index is 15.8. The van der Waals surface area contributed by atoms with Crippen molar-refractivity contribution in [2.24, 2.45) is 5.92 Å². The molecule has 8 nitrogen and oxygen atoms in total. The monoisotopic (exact) mass is 515 g/mol. The van der Waals surface area contributed by atoms with Gasteiger partial charge in [0.2, 0.25) is 0 Å². The van der Waals surface area contributed by atoms with Crippen molar-refractivity contribution < 1.29 is 4.39 Å². The number of benzene rings is 2. The van der Waals surface area contributed by atoms with Gasteiger partial charge >= 0.3 is 0 Å². The van der Waals surface area contributed by atoms with Crippen LogP contribution in [-0.2, 0) is 0 Å². The van der Waals surface area contributed by atoms with Gasteiger partial charge in [-0.3, -0.25) is 4.79 Å². The Hall–Kier alpha value is -3.43. The van der Waals surface area contributed by atoms with Crippen LogP contribution in [0.1, 0.15) is 19.3 Å². The first-order valence-electron chi connectivity index (χ1n) is 13.7. The molecular formula is C29H34FN7O. The van der Waals surface area contributed by atoms with E-state index in [-0.39, 0.29) is 17.4 Å². The van der Waals surface area contributed by atoms with Crippen LogP contribution in [0.4, 0.5) is 15.8 Å². The highest BCUT2D eigenvalue weighted by molar-refractivity contribution is 6.00. The maximum atomic E-state index is 15.8. The molecule has 4 saturated heterocycles. The van der Waals surface area contributed by atoms with Crippen LogP contribution in [0.25, 0.3) is 33.3 Å². The molecule has 4 fully saturated rings. The molecule has 2 bridgehead atoms. The topological polar surface area (TPSA) is 83.3 Å². The second-order valence-corrected chi connectivity index (χ2v) is 11.4. The minimum Gasteiger partial charge on any atom is -0.379 e. The Morgan fingerprint density at radius 1 is 1.03 bits per heavy atom. The number of halogens is 1. The van der Waals surface area contributed by atoms with E-state index in [1.54, 1.807) is 6.07 Å². The number of para-hydroxylation sites is 2. The standard InChI is InChI=1S/C29H34FN7O/c1-35(2)18-9-12-37(15-18)25-14-23-19(13-20(25)30)27(31-24-16-36-10-7-17(24)8-11-36)26(29(38)34-23)28-32-21-5-3-4-6-22(21)33-28/h3-6,13-14,17-18,24H,7-12,15-16H2,1-2H3,(H,32,33)(H2,31,34,38)/t18-,24+/m0/s1. The number of piperidine rings is 3. The van der Waals surface area contributed by atoms with E-state index in [0.29, 0.717) is 45.6 Å². The third kappa shape index (κ3) is 3.96. The minimum atomic E-state index is -0.267. The molecule has 2 atom stereocenters. The predicted molar refractivity (Wildman–Crippen MR) is 150 cm³/mol. The van der Waals surface area contributed by atoms with Crippen LogP contribution in [0.2, 0.25) is 0 Å². The molecule has 4 aliphatic rings. The van der Waals surface area contributed by atoms with Gasteiger partial charge in [0.15, 0.2) is 0 Å². The number of imidazole rings is 1. The first kappa shape index (κ1) is 23.7. The highest BCUT2D eigenvalue weighted by Gasteiger charge is 2.35. The van der Waals surface area contributed by atoms with E-state index >= 15 is 4.39 Å². The summed E-state index contributed by atoms with van der Waals surface area (Å²) in [6.45, 7) is 4.73. The van der Waals surface area contributed by atoms with Crippen LogP contribution in [0.5, 0.6) is 0 Å². The van der Waals surface area contributed by atoms with Gasteiger partial charge in [-0.15, -0.1) is 0 Å². The third-order valence-electron chi connectivity index (χ3n) is 8.93. The summed E-state index contributed by atoms with van der Waals surface area (Å²) in [5.41, 5.74) is 3.71. The van der Waals surface area contributed by atoms with Crippen LogP contribution in [0.3, 0.4) is 0 Å². The van der Waals surface area contributed by atoms with Gasteiger partial charge in [0, 0.05) is 37.1 Å². The molecule has 0 aliphatic carbocycles. The Bertz CT molecular complexity index is 1540. The van der Waals surface area contributed by atoms with E-state index in [1.807, 2.05) is 30.3 Å². The number of nitrogens with one attached hydrogen (secondary N) is 3. The highest BCUT2D eigenvalue weighted by atomic mass is 19.1. The van der Waals surface area contributed by atoms with Crippen molar-refractivity contribution in [1.29, 1.82) is 0 Å². The van der Waals surface area contributed by atoms with Gasteiger partial charge in [0.05, 0.1) is 27.9 Å². The molecule has 4 aliphatic heterocycles. The number of hydrogen-bond acceptors (Lipinski definition) is 6. The molecule has 9 heteroatoms. The van der Waals surface area contributed by atoms with Gasteiger partial charge in [-0.1, -0.05) is 12.1 Å².